The van der Waals surface area contributed by atoms with Gasteiger partial charge in [-0.2, -0.15) is 0 Å². The van der Waals surface area contributed by atoms with Gasteiger partial charge >= 0.3 is 0 Å². The third-order valence-electron chi connectivity index (χ3n) is 3.80. The zero-order valence-corrected chi connectivity index (χ0v) is 11.8. The van der Waals surface area contributed by atoms with Gasteiger partial charge in [0.2, 0.25) is 5.75 Å². The van der Waals surface area contributed by atoms with Crippen LogP contribution in [0.2, 0.25) is 0 Å². The molecule has 4 heteroatoms. The summed E-state index contributed by atoms with van der Waals surface area (Å²) in [7, 11) is 5.11. The first-order valence-electron chi connectivity index (χ1n) is 6.44. The van der Waals surface area contributed by atoms with Gasteiger partial charge in [0.1, 0.15) is 0 Å². The van der Waals surface area contributed by atoms with Gasteiger partial charge in [0.05, 0.1) is 25.9 Å². The summed E-state index contributed by atoms with van der Waals surface area (Å²) in [4.78, 5) is 2.15. The van der Waals surface area contributed by atoms with Crippen molar-refractivity contribution in [3.8, 4) is 17.2 Å². The van der Waals surface area contributed by atoms with Crippen LogP contribution in [0.4, 0.5) is 5.69 Å². The molecular weight excluding hydrogens is 254 g/mol. The zero-order valence-electron chi connectivity index (χ0n) is 11.8. The van der Waals surface area contributed by atoms with E-state index >= 15 is 0 Å². The molecule has 1 heterocycles. The summed E-state index contributed by atoms with van der Waals surface area (Å²) in [5.74, 6) is 0.896. The van der Waals surface area contributed by atoms with Gasteiger partial charge in [0.15, 0.2) is 11.5 Å². The average Bonchev–Trinajstić information content (AvgIpc) is 2.47. The number of allylic oxidation sites excluding steroid dienone is 2. The molecule has 0 bridgehead atoms. The molecule has 104 valence electrons. The second kappa shape index (κ2) is 4.63. The molecule has 0 spiro atoms. The van der Waals surface area contributed by atoms with Gasteiger partial charge < -0.3 is 19.5 Å². The van der Waals surface area contributed by atoms with E-state index in [9.17, 15) is 5.11 Å². The van der Waals surface area contributed by atoms with Gasteiger partial charge in [-0.15, -0.1) is 0 Å². The molecule has 1 aromatic rings. The van der Waals surface area contributed by atoms with E-state index in [1.807, 2.05) is 25.3 Å². The number of phenolic OH excluding ortho intramolecular Hbond substituents is 1. The van der Waals surface area contributed by atoms with Crippen molar-refractivity contribution in [2.24, 2.45) is 0 Å². The maximum Gasteiger partial charge on any atom is 0.201 e. The predicted octanol–water partition coefficient (Wildman–Crippen LogP) is 2.74. The second-order valence-electron chi connectivity index (χ2n) is 4.84. The fraction of sp³-hybridized carbons (Fsp3) is 0.250. The lowest BCUT2D eigenvalue weighted by Crippen LogP contribution is -2.34. The quantitative estimate of drug-likeness (QED) is 0.898. The molecule has 3 rings (SSSR count). The van der Waals surface area contributed by atoms with Crippen LogP contribution in [0.25, 0.3) is 6.08 Å². The van der Waals surface area contributed by atoms with Crippen LogP contribution in [-0.4, -0.2) is 32.4 Å². The second-order valence-corrected chi connectivity index (χ2v) is 4.84. The number of methoxy groups -OCH3 is 2. The minimum atomic E-state index is 0.0350. The van der Waals surface area contributed by atoms with Crippen LogP contribution in [0.15, 0.2) is 35.9 Å². The van der Waals surface area contributed by atoms with E-state index in [-0.39, 0.29) is 11.8 Å². The van der Waals surface area contributed by atoms with Crippen LogP contribution in [0.5, 0.6) is 17.2 Å². The number of aromatic hydroxyl groups is 1. The van der Waals surface area contributed by atoms with Crippen LogP contribution in [0.3, 0.4) is 0 Å². The Balaban J connectivity index is 2.26. The Kier molecular flexibility index (Phi) is 2.93. The molecule has 2 aliphatic rings. The average molecular weight is 271 g/mol. The summed E-state index contributed by atoms with van der Waals surface area (Å²) in [6.07, 6.45) is 10.3. The maximum atomic E-state index is 10.2. The van der Waals surface area contributed by atoms with Crippen molar-refractivity contribution in [3.05, 3.63) is 41.5 Å². The number of rotatable bonds is 2. The highest BCUT2D eigenvalue weighted by atomic mass is 16.5. The zero-order chi connectivity index (χ0) is 14.3. The van der Waals surface area contributed by atoms with Crippen molar-refractivity contribution in [3.63, 3.8) is 0 Å². The van der Waals surface area contributed by atoms with Gasteiger partial charge in [-0.3, -0.25) is 0 Å². The first-order valence-corrected chi connectivity index (χ1v) is 6.44. The van der Waals surface area contributed by atoms with Crippen molar-refractivity contribution in [1.29, 1.82) is 0 Å². The smallest absolute Gasteiger partial charge is 0.201 e. The van der Waals surface area contributed by atoms with E-state index in [1.165, 1.54) is 12.7 Å². The fourth-order valence-electron chi connectivity index (χ4n) is 2.77. The van der Waals surface area contributed by atoms with Gasteiger partial charge in [0, 0.05) is 18.7 Å². The highest BCUT2D eigenvalue weighted by molar-refractivity contribution is 5.84. The lowest BCUT2D eigenvalue weighted by molar-refractivity contribution is 0.339. The number of benzene rings is 1. The molecule has 1 aliphatic heterocycles. The number of anilines is 1. The number of likely N-dealkylation sites (N-methyl/N-ethyl adjacent to an activating group) is 1. The molecule has 1 atom stereocenters. The van der Waals surface area contributed by atoms with Crippen LogP contribution >= 0.6 is 0 Å². The summed E-state index contributed by atoms with van der Waals surface area (Å²) < 4.78 is 10.6. The number of hydrogen-bond donors (Lipinski definition) is 1. The normalized spacial score (nSPS) is 19.2. The van der Waals surface area contributed by atoms with E-state index in [0.29, 0.717) is 11.5 Å². The molecule has 1 unspecified atom stereocenters. The fourth-order valence-corrected chi connectivity index (χ4v) is 2.77. The van der Waals surface area contributed by atoms with Crippen LogP contribution in [-0.2, 0) is 0 Å². The Bertz CT molecular complexity index is 644. The number of phenols is 1. The molecule has 0 radical (unpaired) electrons. The monoisotopic (exact) mass is 271 g/mol. The molecule has 0 saturated heterocycles. The molecule has 1 aromatic carbocycles. The van der Waals surface area contributed by atoms with Crippen LogP contribution in [0.1, 0.15) is 5.56 Å². The van der Waals surface area contributed by atoms with Gasteiger partial charge in [0.25, 0.3) is 0 Å². The number of ether oxygens (including phenoxy) is 2. The third-order valence-corrected chi connectivity index (χ3v) is 3.80. The molecular formula is C16H17NO3. The summed E-state index contributed by atoms with van der Waals surface area (Å²) in [6, 6.07) is 2.04. The summed E-state index contributed by atoms with van der Waals surface area (Å²) in [5.41, 5.74) is 3.02. The third kappa shape index (κ3) is 1.68. The van der Waals surface area contributed by atoms with Crippen molar-refractivity contribution >= 4 is 11.8 Å². The lowest BCUT2D eigenvalue weighted by atomic mass is 9.92. The topological polar surface area (TPSA) is 41.9 Å². The Hall–Kier alpha value is -2.36. The van der Waals surface area contributed by atoms with Gasteiger partial charge in [-0.25, -0.2) is 0 Å². The largest absolute Gasteiger partial charge is 0.502 e. The van der Waals surface area contributed by atoms with E-state index in [1.54, 1.807) is 7.11 Å². The number of fused-ring (bicyclic) bond motifs is 2. The minimum absolute atomic E-state index is 0.0350. The Morgan fingerprint density at radius 1 is 1.20 bits per heavy atom. The van der Waals surface area contributed by atoms with Crippen LogP contribution in [0, 0.1) is 0 Å². The van der Waals surface area contributed by atoms with E-state index in [2.05, 4.69) is 23.1 Å². The van der Waals surface area contributed by atoms with E-state index in [0.717, 1.165) is 11.3 Å². The SMILES string of the molecule is COc1cc2c(c(OC)c1O)C=C1C=CC=CC1N2C. The van der Waals surface area contributed by atoms with E-state index < -0.39 is 0 Å². The molecule has 1 N–H and O–H groups in total. The van der Waals surface area contributed by atoms with Crippen molar-refractivity contribution in [2.75, 3.05) is 26.2 Å². The molecule has 4 nitrogen and oxygen atoms in total. The first-order chi connectivity index (χ1) is 9.67. The highest BCUT2D eigenvalue weighted by Gasteiger charge is 2.28. The predicted molar refractivity (Wildman–Crippen MR) is 79.7 cm³/mol. The molecule has 0 saturated carbocycles. The Labute approximate surface area is 118 Å². The lowest BCUT2D eigenvalue weighted by Gasteiger charge is -2.36. The molecule has 1 aliphatic carbocycles. The van der Waals surface area contributed by atoms with Crippen molar-refractivity contribution < 1.29 is 14.6 Å². The highest BCUT2D eigenvalue weighted by Crippen LogP contribution is 2.48. The standard InChI is InChI=1S/C16H17NO3/c1-17-12-7-5-4-6-10(12)8-11-13(17)9-14(19-2)15(18)16(11)20-3/h4-9,12,18H,1-3H3. The minimum Gasteiger partial charge on any atom is -0.502 e. The van der Waals surface area contributed by atoms with Gasteiger partial charge in [-0.05, 0) is 11.6 Å². The molecule has 20 heavy (non-hydrogen) atoms. The summed E-state index contributed by atoms with van der Waals surface area (Å²) >= 11 is 0. The molecule has 0 amide bonds. The van der Waals surface area contributed by atoms with E-state index in [4.69, 9.17) is 9.47 Å². The van der Waals surface area contributed by atoms with Gasteiger partial charge in [-0.1, -0.05) is 24.3 Å². The Morgan fingerprint density at radius 3 is 2.70 bits per heavy atom. The Morgan fingerprint density at radius 2 is 2.00 bits per heavy atom. The maximum absolute atomic E-state index is 10.2. The summed E-state index contributed by atoms with van der Waals surface area (Å²) in [6.45, 7) is 0. The molecule has 0 aromatic heterocycles. The van der Waals surface area contributed by atoms with Crippen LogP contribution < -0.4 is 14.4 Å². The number of hydrogen-bond acceptors (Lipinski definition) is 4. The first kappa shape index (κ1) is 12.7. The summed E-state index contributed by atoms with van der Waals surface area (Å²) in [5, 5.41) is 10.2. The van der Waals surface area contributed by atoms with Crippen molar-refractivity contribution in [2.45, 2.75) is 6.04 Å². The van der Waals surface area contributed by atoms with Crippen molar-refractivity contribution in [1.82, 2.24) is 0 Å². The molecule has 0 fully saturated rings. The number of nitrogens with zero attached hydrogens (tertiary/aromatic N) is 1.